The molecule has 1 saturated heterocycles. The Bertz CT molecular complexity index is 108. The van der Waals surface area contributed by atoms with Gasteiger partial charge in [0.25, 0.3) is 0 Å². The maximum atomic E-state index is 5.26. The van der Waals surface area contributed by atoms with Crippen LogP contribution >= 0.6 is 0 Å². The molecule has 0 aliphatic carbocycles. The van der Waals surface area contributed by atoms with E-state index in [4.69, 9.17) is 4.74 Å². The van der Waals surface area contributed by atoms with Gasteiger partial charge in [0.1, 0.15) is 0 Å². The predicted molar refractivity (Wildman–Crippen MR) is 41.3 cm³/mol. The minimum atomic E-state index is 0.405. The molecule has 1 fully saturated rings. The first kappa shape index (κ1) is 7.20. The van der Waals surface area contributed by atoms with Crippen LogP contribution in [0.5, 0.6) is 0 Å². The van der Waals surface area contributed by atoms with Gasteiger partial charge < -0.3 is 0 Å². The molecule has 1 atom stereocenters. The Morgan fingerprint density at radius 3 is 3.00 bits per heavy atom. The quantitative estimate of drug-likeness (QED) is 0.480. The van der Waals surface area contributed by atoms with Crippen molar-refractivity contribution in [1.29, 1.82) is 0 Å². The van der Waals surface area contributed by atoms with E-state index in [0.717, 1.165) is 19.5 Å². The SMILES string of the molecule is B=BCC1(C)CCOC1. The number of ether oxygens (including phenoxy) is 1. The Morgan fingerprint density at radius 1 is 1.78 bits per heavy atom. The van der Waals surface area contributed by atoms with Gasteiger partial charge in [0.05, 0.1) is 0 Å². The third kappa shape index (κ3) is 1.75. The molecule has 1 unspecified atom stereocenters. The number of hydrogen-bond donors (Lipinski definition) is 0. The van der Waals surface area contributed by atoms with Crippen LogP contribution in [0.15, 0.2) is 0 Å². The molecule has 48 valence electrons. The summed E-state index contributed by atoms with van der Waals surface area (Å²) in [4.78, 5) is 0. The molecule has 1 aliphatic heterocycles. The van der Waals surface area contributed by atoms with Crippen LogP contribution in [0.2, 0.25) is 6.32 Å². The van der Waals surface area contributed by atoms with Crippen LogP contribution in [0.25, 0.3) is 0 Å². The van der Waals surface area contributed by atoms with E-state index in [0.29, 0.717) is 5.41 Å². The van der Waals surface area contributed by atoms with E-state index >= 15 is 0 Å². The summed E-state index contributed by atoms with van der Waals surface area (Å²) in [5.41, 5.74) is 0.405. The zero-order chi connectivity index (χ0) is 6.74. The van der Waals surface area contributed by atoms with Crippen molar-refractivity contribution in [2.24, 2.45) is 5.41 Å². The van der Waals surface area contributed by atoms with Gasteiger partial charge in [-0.1, -0.05) is 0 Å². The van der Waals surface area contributed by atoms with Crippen molar-refractivity contribution in [3.8, 4) is 0 Å². The van der Waals surface area contributed by atoms with Crippen molar-refractivity contribution in [1.82, 2.24) is 0 Å². The van der Waals surface area contributed by atoms with E-state index in [9.17, 15) is 0 Å². The van der Waals surface area contributed by atoms with E-state index in [1.54, 1.807) is 0 Å². The second-order valence-corrected chi connectivity index (χ2v) is 3.11. The Morgan fingerprint density at radius 2 is 2.56 bits per heavy atom. The van der Waals surface area contributed by atoms with Crippen LogP contribution in [0.1, 0.15) is 13.3 Å². The second kappa shape index (κ2) is 2.78. The summed E-state index contributed by atoms with van der Waals surface area (Å²) < 4.78 is 5.26. The second-order valence-electron chi connectivity index (χ2n) is 3.11. The predicted octanol–water partition coefficient (Wildman–Crippen LogP) is 0.351. The normalized spacial score (nSPS) is 34.2. The fraction of sp³-hybridized carbons (Fsp3) is 1.00. The summed E-state index contributed by atoms with van der Waals surface area (Å²) in [6.45, 7) is 6.08. The summed E-state index contributed by atoms with van der Waals surface area (Å²) in [6.07, 6.45) is 2.28. The zero-order valence-corrected chi connectivity index (χ0v) is 6.02. The summed E-state index contributed by atoms with van der Waals surface area (Å²) >= 11 is 0. The van der Waals surface area contributed by atoms with Gasteiger partial charge in [-0.25, -0.2) is 0 Å². The van der Waals surface area contributed by atoms with Crippen molar-refractivity contribution >= 4 is 14.2 Å². The average Bonchev–Trinajstić information content (AvgIpc) is 2.16. The van der Waals surface area contributed by atoms with Crippen LogP contribution in [0.3, 0.4) is 0 Å². The molecular formula is C6H12B2O. The first-order chi connectivity index (χ1) is 4.27. The van der Waals surface area contributed by atoms with Crippen LogP contribution in [0, 0.1) is 5.41 Å². The van der Waals surface area contributed by atoms with Crippen molar-refractivity contribution in [3.63, 3.8) is 0 Å². The van der Waals surface area contributed by atoms with Crippen molar-refractivity contribution in [3.05, 3.63) is 0 Å². The van der Waals surface area contributed by atoms with Crippen LogP contribution in [-0.2, 0) is 4.74 Å². The Kier molecular flexibility index (Phi) is 2.23. The molecule has 3 heteroatoms. The molecule has 0 amide bonds. The van der Waals surface area contributed by atoms with Gasteiger partial charge in [0.2, 0.25) is 0 Å². The van der Waals surface area contributed by atoms with E-state index in [1.165, 1.54) is 6.42 Å². The molecule has 1 aliphatic rings. The minimum absolute atomic E-state index is 0.405. The van der Waals surface area contributed by atoms with Gasteiger partial charge in [0.15, 0.2) is 0 Å². The third-order valence-electron chi connectivity index (χ3n) is 1.94. The van der Waals surface area contributed by atoms with Crippen LogP contribution < -0.4 is 0 Å². The van der Waals surface area contributed by atoms with Crippen LogP contribution in [-0.4, -0.2) is 27.4 Å². The van der Waals surface area contributed by atoms with Crippen molar-refractivity contribution < 1.29 is 4.74 Å². The number of hydrogen-bond acceptors (Lipinski definition) is 1. The fourth-order valence-electron chi connectivity index (χ4n) is 1.22. The molecule has 0 bridgehead atoms. The number of rotatable bonds is 2. The van der Waals surface area contributed by atoms with Gasteiger partial charge >= 0.3 is 57.2 Å². The zero-order valence-electron chi connectivity index (χ0n) is 6.02. The van der Waals surface area contributed by atoms with E-state index in [2.05, 4.69) is 14.3 Å². The Hall–Kier alpha value is 0.0899. The topological polar surface area (TPSA) is 9.23 Å². The monoisotopic (exact) mass is 122 g/mol. The van der Waals surface area contributed by atoms with E-state index in [-0.39, 0.29) is 0 Å². The van der Waals surface area contributed by atoms with Crippen LogP contribution in [0.4, 0.5) is 0 Å². The molecule has 0 aromatic carbocycles. The molecule has 9 heavy (non-hydrogen) atoms. The summed E-state index contributed by atoms with van der Waals surface area (Å²) in [7, 11) is 3.71. The first-order valence-corrected chi connectivity index (χ1v) is 3.45. The summed E-state index contributed by atoms with van der Waals surface area (Å²) in [5, 5.41) is 0. The molecule has 1 heterocycles. The van der Waals surface area contributed by atoms with Crippen molar-refractivity contribution in [2.45, 2.75) is 19.7 Å². The summed E-state index contributed by atoms with van der Waals surface area (Å²) in [5.74, 6) is 0. The standard InChI is InChI=1S/C6H12B2O/c1-6(4-8-7)2-3-9-5-6/h7H,2-5H2,1H3. The molecule has 0 radical (unpaired) electrons. The molecule has 0 N–H and O–H groups in total. The van der Waals surface area contributed by atoms with Gasteiger partial charge in [-0.2, -0.15) is 0 Å². The van der Waals surface area contributed by atoms with Gasteiger partial charge in [-0.3, -0.25) is 0 Å². The molecule has 0 aromatic rings. The summed E-state index contributed by atoms with van der Waals surface area (Å²) in [6, 6.07) is 0. The van der Waals surface area contributed by atoms with E-state index < -0.39 is 0 Å². The maximum absolute atomic E-state index is 5.26. The molecule has 0 aromatic heterocycles. The molecule has 1 rings (SSSR count). The van der Waals surface area contributed by atoms with Gasteiger partial charge in [-0.15, -0.1) is 0 Å². The Labute approximate surface area is 58.1 Å². The van der Waals surface area contributed by atoms with Crippen molar-refractivity contribution in [2.75, 3.05) is 13.2 Å². The first-order valence-electron chi connectivity index (χ1n) is 3.45. The Balaban J connectivity index is 2.40. The third-order valence-corrected chi connectivity index (χ3v) is 1.94. The molecule has 1 nitrogen and oxygen atoms in total. The molecule has 0 saturated carbocycles. The van der Waals surface area contributed by atoms with E-state index in [1.807, 2.05) is 6.80 Å². The van der Waals surface area contributed by atoms with Gasteiger partial charge in [0, 0.05) is 0 Å². The molecule has 0 spiro atoms. The average molecular weight is 122 g/mol. The fourth-order valence-corrected chi connectivity index (χ4v) is 1.22. The van der Waals surface area contributed by atoms with Gasteiger partial charge in [-0.05, 0) is 0 Å². The molecular weight excluding hydrogens is 110 g/mol.